The molecule has 0 saturated heterocycles. The summed E-state index contributed by atoms with van der Waals surface area (Å²) >= 11 is 0. The molecule has 1 aromatic rings. The molecule has 0 aromatic carbocycles. The number of rotatable bonds is 5. The van der Waals surface area contributed by atoms with Gasteiger partial charge in [-0.3, -0.25) is 4.79 Å². The Labute approximate surface area is 100 Å². The second-order valence-corrected chi connectivity index (χ2v) is 5.97. The van der Waals surface area contributed by atoms with Crippen molar-refractivity contribution in [3.8, 4) is 0 Å². The molecule has 1 heterocycles. The van der Waals surface area contributed by atoms with E-state index in [1.807, 2.05) is 0 Å². The Morgan fingerprint density at radius 2 is 2.24 bits per heavy atom. The fourth-order valence-corrected chi connectivity index (χ4v) is 1.90. The van der Waals surface area contributed by atoms with E-state index in [2.05, 4.69) is 10.3 Å². The first-order valence-corrected chi connectivity index (χ1v) is 7.12. The maximum Gasteiger partial charge on any atom is 0.251 e. The molecule has 94 valence electrons. The highest BCUT2D eigenvalue weighted by atomic mass is 32.2. The SMILES string of the molecule is CS(=O)(=O)CCCNC(=O)c1ccnc(N)c1. The molecule has 0 radical (unpaired) electrons. The zero-order valence-electron chi connectivity index (χ0n) is 9.51. The maximum absolute atomic E-state index is 11.6. The number of hydrogen-bond donors (Lipinski definition) is 2. The lowest BCUT2D eigenvalue weighted by Crippen LogP contribution is -2.26. The third-order valence-corrected chi connectivity index (χ3v) is 3.05. The van der Waals surface area contributed by atoms with Gasteiger partial charge in [0.2, 0.25) is 0 Å². The summed E-state index contributed by atoms with van der Waals surface area (Å²) in [5.74, 6) is 0.0487. The molecule has 0 unspecified atom stereocenters. The lowest BCUT2D eigenvalue weighted by Gasteiger charge is -2.04. The maximum atomic E-state index is 11.6. The first kappa shape index (κ1) is 13.4. The average molecular weight is 257 g/mol. The number of carbonyl (C=O) groups excluding carboxylic acids is 1. The van der Waals surface area contributed by atoms with Crippen LogP contribution < -0.4 is 11.1 Å². The molecule has 1 rings (SSSR count). The van der Waals surface area contributed by atoms with E-state index >= 15 is 0 Å². The van der Waals surface area contributed by atoms with Crippen LogP contribution in [0.3, 0.4) is 0 Å². The summed E-state index contributed by atoms with van der Waals surface area (Å²) in [6, 6.07) is 3.01. The van der Waals surface area contributed by atoms with Crippen LogP contribution in [0.2, 0.25) is 0 Å². The second-order valence-electron chi connectivity index (χ2n) is 3.71. The number of sulfone groups is 1. The van der Waals surface area contributed by atoms with E-state index < -0.39 is 9.84 Å². The molecule has 3 N–H and O–H groups in total. The van der Waals surface area contributed by atoms with E-state index in [0.29, 0.717) is 18.5 Å². The van der Waals surface area contributed by atoms with Gasteiger partial charge in [-0.25, -0.2) is 13.4 Å². The first-order chi connectivity index (χ1) is 7.88. The molecule has 0 aliphatic rings. The monoisotopic (exact) mass is 257 g/mol. The minimum Gasteiger partial charge on any atom is -0.384 e. The van der Waals surface area contributed by atoms with Gasteiger partial charge in [0, 0.05) is 24.6 Å². The van der Waals surface area contributed by atoms with Crippen molar-refractivity contribution in [2.75, 3.05) is 24.3 Å². The Bertz CT molecular complexity index is 499. The molecule has 0 bridgehead atoms. The Morgan fingerprint density at radius 3 is 2.82 bits per heavy atom. The van der Waals surface area contributed by atoms with Crippen molar-refractivity contribution in [3.63, 3.8) is 0 Å². The molecule has 7 heteroatoms. The third-order valence-electron chi connectivity index (χ3n) is 2.02. The zero-order valence-corrected chi connectivity index (χ0v) is 10.3. The summed E-state index contributed by atoms with van der Waals surface area (Å²) in [6.45, 7) is 0.314. The number of nitrogens with two attached hydrogens (primary N) is 1. The standard InChI is InChI=1S/C10H15N3O3S/c1-17(15,16)6-2-4-13-10(14)8-3-5-12-9(11)7-8/h3,5,7H,2,4,6H2,1H3,(H2,11,12)(H,13,14). The summed E-state index contributed by atoms with van der Waals surface area (Å²) in [7, 11) is -2.97. The predicted molar refractivity (Wildman–Crippen MR) is 65.3 cm³/mol. The molecule has 0 atom stereocenters. The smallest absolute Gasteiger partial charge is 0.251 e. The minimum absolute atomic E-state index is 0.0613. The summed E-state index contributed by atoms with van der Waals surface area (Å²) in [6.07, 6.45) is 3.00. The number of nitrogen functional groups attached to an aromatic ring is 1. The van der Waals surface area contributed by atoms with Crippen molar-refractivity contribution in [1.82, 2.24) is 10.3 Å². The molecule has 6 nitrogen and oxygen atoms in total. The van der Waals surface area contributed by atoms with E-state index in [9.17, 15) is 13.2 Å². The van der Waals surface area contributed by atoms with Crippen LogP contribution in [-0.4, -0.2) is 37.9 Å². The van der Waals surface area contributed by atoms with Gasteiger partial charge in [-0.05, 0) is 18.6 Å². The van der Waals surface area contributed by atoms with Crippen LogP contribution in [0.15, 0.2) is 18.3 Å². The lowest BCUT2D eigenvalue weighted by molar-refractivity contribution is 0.0953. The van der Waals surface area contributed by atoms with E-state index in [-0.39, 0.29) is 17.5 Å². The highest BCUT2D eigenvalue weighted by Gasteiger charge is 2.06. The van der Waals surface area contributed by atoms with Gasteiger partial charge in [0.05, 0.1) is 5.75 Å². The fourth-order valence-electron chi connectivity index (χ4n) is 1.23. The van der Waals surface area contributed by atoms with Gasteiger partial charge in [0.15, 0.2) is 0 Å². The molecule has 0 aliphatic carbocycles. The van der Waals surface area contributed by atoms with Crippen molar-refractivity contribution >= 4 is 21.6 Å². The third kappa shape index (κ3) is 5.30. The van der Waals surface area contributed by atoms with Gasteiger partial charge in [0.25, 0.3) is 5.91 Å². The van der Waals surface area contributed by atoms with Gasteiger partial charge >= 0.3 is 0 Å². The van der Waals surface area contributed by atoms with E-state index in [1.165, 1.54) is 18.5 Å². The second kappa shape index (κ2) is 5.62. The lowest BCUT2D eigenvalue weighted by atomic mass is 10.2. The van der Waals surface area contributed by atoms with Crippen LogP contribution in [0.25, 0.3) is 0 Å². The Balaban J connectivity index is 2.41. The predicted octanol–water partition coefficient (Wildman–Crippen LogP) is -0.172. The molecule has 0 spiro atoms. The summed E-state index contributed by atoms with van der Waals surface area (Å²) in [5.41, 5.74) is 5.85. The van der Waals surface area contributed by atoms with Crippen LogP contribution in [0.4, 0.5) is 5.82 Å². The van der Waals surface area contributed by atoms with Gasteiger partial charge in [0.1, 0.15) is 15.7 Å². The topological polar surface area (TPSA) is 102 Å². The summed E-state index contributed by atoms with van der Waals surface area (Å²) in [5, 5.41) is 2.61. The molecular formula is C10H15N3O3S. The van der Waals surface area contributed by atoms with E-state index in [4.69, 9.17) is 5.73 Å². The number of aromatic nitrogens is 1. The number of amides is 1. The normalized spacial score (nSPS) is 11.1. The van der Waals surface area contributed by atoms with Gasteiger partial charge in [-0.2, -0.15) is 0 Å². The zero-order chi connectivity index (χ0) is 12.9. The van der Waals surface area contributed by atoms with E-state index in [0.717, 1.165) is 0 Å². The van der Waals surface area contributed by atoms with Crippen LogP contribution in [0.1, 0.15) is 16.8 Å². The molecule has 17 heavy (non-hydrogen) atoms. The minimum atomic E-state index is -2.97. The highest BCUT2D eigenvalue weighted by Crippen LogP contribution is 2.02. The number of hydrogen-bond acceptors (Lipinski definition) is 5. The molecule has 0 aliphatic heterocycles. The average Bonchev–Trinajstić information content (AvgIpc) is 2.23. The Morgan fingerprint density at radius 1 is 1.53 bits per heavy atom. The van der Waals surface area contributed by atoms with Crippen molar-refractivity contribution < 1.29 is 13.2 Å². The molecule has 1 amide bonds. The molecule has 1 aromatic heterocycles. The van der Waals surface area contributed by atoms with Gasteiger partial charge in [-0.15, -0.1) is 0 Å². The number of pyridine rings is 1. The quantitative estimate of drug-likeness (QED) is 0.713. The molecule has 0 fully saturated rings. The largest absolute Gasteiger partial charge is 0.384 e. The highest BCUT2D eigenvalue weighted by molar-refractivity contribution is 7.90. The van der Waals surface area contributed by atoms with Crippen molar-refractivity contribution in [2.45, 2.75) is 6.42 Å². The number of nitrogens with zero attached hydrogens (tertiary/aromatic N) is 1. The fraction of sp³-hybridized carbons (Fsp3) is 0.400. The number of nitrogens with one attached hydrogen (secondary N) is 1. The number of anilines is 1. The first-order valence-electron chi connectivity index (χ1n) is 5.06. The van der Waals surface area contributed by atoms with Gasteiger partial charge < -0.3 is 11.1 Å². The number of carbonyl (C=O) groups is 1. The van der Waals surface area contributed by atoms with Crippen molar-refractivity contribution in [1.29, 1.82) is 0 Å². The van der Waals surface area contributed by atoms with Crippen LogP contribution in [-0.2, 0) is 9.84 Å². The Kier molecular flexibility index (Phi) is 4.45. The van der Waals surface area contributed by atoms with Crippen molar-refractivity contribution in [2.24, 2.45) is 0 Å². The van der Waals surface area contributed by atoms with Crippen LogP contribution in [0, 0.1) is 0 Å². The summed E-state index contributed by atoms with van der Waals surface area (Å²) < 4.78 is 21.7. The van der Waals surface area contributed by atoms with Crippen LogP contribution in [0.5, 0.6) is 0 Å². The Hall–Kier alpha value is -1.63. The summed E-state index contributed by atoms with van der Waals surface area (Å²) in [4.78, 5) is 15.3. The van der Waals surface area contributed by atoms with Gasteiger partial charge in [-0.1, -0.05) is 0 Å². The molecule has 0 saturated carbocycles. The van der Waals surface area contributed by atoms with Crippen molar-refractivity contribution in [3.05, 3.63) is 23.9 Å². The van der Waals surface area contributed by atoms with E-state index in [1.54, 1.807) is 6.07 Å². The molecular weight excluding hydrogens is 242 g/mol. The van der Waals surface area contributed by atoms with Crippen LogP contribution >= 0.6 is 0 Å².